The van der Waals surface area contributed by atoms with Gasteiger partial charge in [-0.3, -0.25) is 4.79 Å². The summed E-state index contributed by atoms with van der Waals surface area (Å²) in [4.78, 5) is 10.5. The lowest BCUT2D eigenvalue weighted by Crippen LogP contribution is -2.00. The molecule has 0 aliphatic heterocycles. The molecule has 4 heteroatoms. The second kappa shape index (κ2) is 4.87. The number of rotatable bonds is 3. The Kier molecular flexibility index (Phi) is 3.28. The molecule has 0 bridgehead atoms. The van der Waals surface area contributed by atoms with Crippen molar-refractivity contribution in [2.75, 3.05) is 0 Å². The molecular formula is C14H11FO3. The Morgan fingerprint density at radius 2 is 1.78 bits per heavy atom. The minimum atomic E-state index is -0.994. The molecule has 0 heterocycles. The molecule has 3 nitrogen and oxygen atoms in total. The number of aliphatic carboxylic acids is 1. The Hall–Kier alpha value is -2.36. The van der Waals surface area contributed by atoms with E-state index >= 15 is 0 Å². The Morgan fingerprint density at radius 1 is 1.11 bits per heavy atom. The smallest absolute Gasteiger partial charge is 0.307 e. The summed E-state index contributed by atoms with van der Waals surface area (Å²) in [6.07, 6.45) is -0.202. The van der Waals surface area contributed by atoms with Crippen LogP contribution in [0.2, 0.25) is 0 Å². The largest absolute Gasteiger partial charge is 0.508 e. The van der Waals surface area contributed by atoms with E-state index in [2.05, 4.69) is 0 Å². The van der Waals surface area contributed by atoms with Crippen LogP contribution in [0.4, 0.5) is 4.39 Å². The quantitative estimate of drug-likeness (QED) is 0.875. The van der Waals surface area contributed by atoms with Crippen LogP contribution >= 0.6 is 0 Å². The molecule has 18 heavy (non-hydrogen) atoms. The number of carboxylic acid groups (broad SMARTS) is 1. The predicted molar refractivity (Wildman–Crippen MR) is 64.8 cm³/mol. The molecule has 0 spiro atoms. The summed E-state index contributed by atoms with van der Waals surface area (Å²) in [5.41, 5.74) is 1.43. The second-order valence-corrected chi connectivity index (χ2v) is 3.93. The van der Waals surface area contributed by atoms with Gasteiger partial charge in [-0.2, -0.15) is 0 Å². The number of carbonyl (C=O) groups is 1. The minimum absolute atomic E-state index is 0.113. The van der Waals surface area contributed by atoms with E-state index in [0.717, 1.165) is 0 Å². The standard InChI is InChI=1S/C14H11FO3/c15-13-7-9(8-14(17)18)1-6-12(13)10-2-4-11(16)5-3-10/h1-7,16H,8H2,(H,17,18). The number of phenols is 1. The Morgan fingerprint density at radius 3 is 2.33 bits per heavy atom. The summed E-state index contributed by atoms with van der Waals surface area (Å²) in [6, 6.07) is 10.5. The first-order valence-electron chi connectivity index (χ1n) is 5.36. The SMILES string of the molecule is O=C(O)Cc1ccc(-c2ccc(O)cc2)c(F)c1. The maximum Gasteiger partial charge on any atom is 0.307 e. The first-order chi connectivity index (χ1) is 8.56. The van der Waals surface area contributed by atoms with E-state index in [-0.39, 0.29) is 12.2 Å². The zero-order valence-corrected chi connectivity index (χ0v) is 9.43. The van der Waals surface area contributed by atoms with E-state index < -0.39 is 11.8 Å². The van der Waals surface area contributed by atoms with E-state index in [4.69, 9.17) is 10.2 Å². The fourth-order valence-corrected chi connectivity index (χ4v) is 1.72. The van der Waals surface area contributed by atoms with Crippen LogP contribution in [-0.2, 0) is 11.2 Å². The molecule has 0 saturated heterocycles. The van der Waals surface area contributed by atoms with Crippen LogP contribution in [0, 0.1) is 5.82 Å². The lowest BCUT2D eigenvalue weighted by Gasteiger charge is -2.05. The number of hydrogen-bond acceptors (Lipinski definition) is 2. The zero-order valence-electron chi connectivity index (χ0n) is 9.43. The van der Waals surface area contributed by atoms with Gasteiger partial charge in [0.05, 0.1) is 6.42 Å². The molecule has 0 saturated carbocycles. The number of hydrogen-bond donors (Lipinski definition) is 2. The van der Waals surface area contributed by atoms with Gasteiger partial charge in [-0.05, 0) is 29.3 Å². The average molecular weight is 246 g/mol. The van der Waals surface area contributed by atoms with Crippen molar-refractivity contribution in [3.63, 3.8) is 0 Å². The Bertz CT molecular complexity index is 576. The molecule has 0 amide bonds. The number of benzene rings is 2. The number of carboxylic acids is 1. The molecule has 0 aliphatic carbocycles. The predicted octanol–water partition coefficient (Wildman–Crippen LogP) is 2.83. The third kappa shape index (κ3) is 2.66. The third-order valence-corrected chi connectivity index (χ3v) is 2.57. The zero-order chi connectivity index (χ0) is 13.1. The summed E-state index contributed by atoms with van der Waals surface area (Å²) < 4.78 is 13.8. The molecule has 0 fully saturated rings. The van der Waals surface area contributed by atoms with E-state index in [1.54, 1.807) is 24.3 Å². The van der Waals surface area contributed by atoms with Crippen LogP contribution < -0.4 is 0 Å². The highest BCUT2D eigenvalue weighted by molar-refractivity contribution is 5.71. The molecule has 2 aromatic rings. The molecule has 0 aliphatic rings. The highest BCUT2D eigenvalue weighted by Crippen LogP contribution is 2.25. The summed E-state index contributed by atoms with van der Waals surface area (Å²) in [5, 5.41) is 17.8. The normalized spacial score (nSPS) is 10.3. The van der Waals surface area contributed by atoms with Gasteiger partial charge in [0.15, 0.2) is 0 Å². The van der Waals surface area contributed by atoms with Gasteiger partial charge in [0.2, 0.25) is 0 Å². The van der Waals surface area contributed by atoms with Gasteiger partial charge in [0.1, 0.15) is 11.6 Å². The van der Waals surface area contributed by atoms with Gasteiger partial charge in [-0.1, -0.05) is 24.3 Å². The summed E-state index contributed by atoms with van der Waals surface area (Å²) in [7, 11) is 0. The van der Waals surface area contributed by atoms with Gasteiger partial charge >= 0.3 is 5.97 Å². The van der Waals surface area contributed by atoms with Crippen LogP contribution in [0.5, 0.6) is 5.75 Å². The van der Waals surface area contributed by atoms with Gasteiger partial charge in [0, 0.05) is 5.56 Å². The summed E-state index contributed by atoms with van der Waals surface area (Å²) in [6.45, 7) is 0. The van der Waals surface area contributed by atoms with E-state index in [1.165, 1.54) is 18.2 Å². The van der Waals surface area contributed by atoms with Crippen LogP contribution in [-0.4, -0.2) is 16.2 Å². The van der Waals surface area contributed by atoms with E-state index in [0.29, 0.717) is 16.7 Å². The maximum atomic E-state index is 13.8. The highest BCUT2D eigenvalue weighted by atomic mass is 19.1. The highest BCUT2D eigenvalue weighted by Gasteiger charge is 2.08. The van der Waals surface area contributed by atoms with Crippen molar-refractivity contribution >= 4 is 5.97 Å². The van der Waals surface area contributed by atoms with Crippen LogP contribution in [0.1, 0.15) is 5.56 Å². The monoisotopic (exact) mass is 246 g/mol. The molecule has 0 radical (unpaired) electrons. The molecule has 0 atom stereocenters. The molecular weight excluding hydrogens is 235 g/mol. The van der Waals surface area contributed by atoms with Crippen molar-refractivity contribution in [2.24, 2.45) is 0 Å². The minimum Gasteiger partial charge on any atom is -0.508 e. The fourth-order valence-electron chi connectivity index (χ4n) is 1.72. The summed E-state index contributed by atoms with van der Waals surface area (Å²) >= 11 is 0. The molecule has 2 N–H and O–H groups in total. The molecule has 0 aromatic heterocycles. The van der Waals surface area contributed by atoms with Gasteiger partial charge in [-0.15, -0.1) is 0 Å². The average Bonchev–Trinajstić information content (AvgIpc) is 2.30. The van der Waals surface area contributed by atoms with Crippen molar-refractivity contribution in [3.05, 3.63) is 53.8 Å². The van der Waals surface area contributed by atoms with Crippen molar-refractivity contribution in [1.29, 1.82) is 0 Å². The lowest BCUT2D eigenvalue weighted by atomic mass is 10.0. The van der Waals surface area contributed by atoms with E-state index in [9.17, 15) is 9.18 Å². The number of phenolic OH excluding ortho intramolecular Hbond substituents is 1. The molecule has 2 rings (SSSR count). The Labute approximate surface area is 103 Å². The second-order valence-electron chi connectivity index (χ2n) is 3.93. The first kappa shape index (κ1) is 12.1. The van der Waals surface area contributed by atoms with Gasteiger partial charge in [0.25, 0.3) is 0 Å². The van der Waals surface area contributed by atoms with Crippen molar-refractivity contribution in [2.45, 2.75) is 6.42 Å². The lowest BCUT2D eigenvalue weighted by molar-refractivity contribution is -0.136. The molecule has 92 valence electrons. The maximum absolute atomic E-state index is 13.8. The van der Waals surface area contributed by atoms with Crippen LogP contribution in [0.3, 0.4) is 0 Å². The summed E-state index contributed by atoms with van der Waals surface area (Å²) in [5.74, 6) is -1.35. The fraction of sp³-hybridized carbons (Fsp3) is 0.0714. The first-order valence-corrected chi connectivity index (χ1v) is 5.36. The molecule has 0 unspecified atom stereocenters. The van der Waals surface area contributed by atoms with Gasteiger partial charge in [-0.25, -0.2) is 4.39 Å². The Balaban J connectivity index is 2.35. The third-order valence-electron chi connectivity index (χ3n) is 2.57. The van der Waals surface area contributed by atoms with Crippen molar-refractivity contribution in [1.82, 2.24) is 0 Å². The van der Waals surface area contributed by atoms with Crippen LogP contribution in [0.25, 0.3) is 11.1 Å². The molecule has 2 aromatic carbocycles. The number of halogens is 1. The topological polar surface area (TPSA) is 57.5 Å². The van der Waals surface area contributed by atoms with Crippen LogP contribution in [0.15, 0.2) is 42.5 Å². The van der Waals surface area contributed by atoms with Crippen molar-refractivity contribution in [3.8, 4) is 16.9 Å². The van der Waals surface area contributed by atoms with Gasteiger partial charge < -0.3 is 10.2 Å². The van der Waals surface area contributed by atoms with E-state index in [1.807, 2.05) is 0 Å². The number of aromatic hydroxyl groups is 1. The van der Waals surface area contributed by atoms with Crippen molar-refractivity contribution < 1.29 is 19.4 Å².